The molecular formula is C10H10BNO3. The summed E-state index contributed by atoms with van der Waals surface area (Å²) < 4.78 is 5.37. The highest BCUT2D eigenvalue weighted by Crippen LogP contribution is 2.31. The molecule has 0 fully saturated rings. The van der Waals surface area contributed by atoms with Crippen molar-refractivity contribution < 1.29 is 14.5 Å². The van der Waals surface area contributed by atoms with E-state index in [1.165, 1.54) is 6.08 Å². The van der Waals surface area contributed by atoms with E-state index < -0.39 is 12.7 Å². The smallest absolute Gasteiger partial charge is 0.423 e. The quantitative estimate of drug-likeness (QED) is 0.413. The van der Waals surface area contributed by atoms with Crippen molar-refractivity contribution in [3.8, 4) is 0 Å². The van der Waals surface area contributed by atoms with Gasteiger partial charge in [0.2, 0.25) is 6.08 Å². The summed E-state index contributed by atoms with van der Waals surface area (Å²) in [4.78, 5) is 13.7. The van der Waals surface area contributed by atoms with Gasteiger partial charge in [0.1, 0.15) is 0 Å². The summed E-state index contributed by atoms with van der Waals surface area (Å²) in [6.45, 7) is 3.72. The summed E-state index contributed by atoms with van der Waals surface area (Å²) >= 11 is 0. The first-order chi connectivity index (χ1) is 7.04. The second kappa shape index (κ2) is 3.31. The van der Waals surface area contributed by atoms with Crippen LogP contribution in [0.4, 0.5) is 5.69 Å². The molecule has 0 amide bonds. The molecule has 4 nitrogen and oxygen atoms in total. The van der Waals surface area contributed by atoms with Crippen molar-refractivity contribution in [2.75, 3.05) is 0 Å². The average molecular weight is 203 g/mol. The minimum Gasteiger partial charge on any atom is -0.423 e. The van der Waals surface area contributed by atoms with Crippen LogP contribution in [0.2, 0.25) is 0 Å². The predicted octanol–water partition coefficient (Wildman–Crippen LogP) is 0.607. The zero-order valence-corrected chi connectivity index (χ0v) is 8.52. The third-order valence-corrected chi connectivity index (χ3v) is 2.53. The molecule has 1 N–H and O–H groups in total. The van der Waals surface area contributed by atoms with Crippen molar-refractivity contribution in [1.82, 2.24) is 0 Å². The lowest BCUT2D eigenvalue weighted by Crippen LogP contribution is -2.28. The van der Waals surface area contributed by atoms with Crippen LogP contribution < -0.4 is 5.46 Å². The van der Waals surface area contributed by atoms with E-state index in [9.17, 15) is 9.82 Å². The first-order valence-corrected chi connectivity index (χ1v) is 4.63. The highest BCUT2D eigenvalue weighted by atomic mass is 16.5. The normalized spacial score (nSPS) is 17.1. The number of fused-ring (bicyclic) bond motifs is 1. The molecule has 0 unspecified atom stereocenters. The summed E-state index contributed by atoms with van der Waals surface area (Å²) in [6, 6.07) is 5.10. The van der Waals surface area contributed by atoms with Crippen LogP contribution in [0.25, 0.3) is 0 Å². The molecule has 1 aromatic carbocycles. The topological polar surface area (TPSA) is 58.9 Å². The largest absolute Gasteiger partial charge is 0.492 e. The lowest BCUT2D eigenvalue weighted by atomic mass is 9.78. The third-order valence-electron chi connectivity index (χ3n) is 2.53. The minimum absolute atomic E-state index is 0.523. The van der Waals surface area contributed by atoms with Crippen LogP contribution in [0.5, 0.6) is 0 Å². The van der Waals surface area contributed by atoms with E-state index in [2.05, 4.69) is 4.99 Å². The standard InChI is InChI=1S/C10H10BNO3/c1-10(2)8-5-7(12-6-13)3-4-9(8)11(14)15-10/h3-5,14H,1-2H3. The van der Waals surface area contributed by atoms with Crippen LogP contribution in [0.15, 0.2) is 23.2 Å². The molecule has 1 aliphatic heterocycles. The average Bonchev–Trinajstić information content (AvgIpc) is 2.38. The number of benzene rings is 1. The van der Waals surface area contributed by atoms with Gasteiger partial charge in [-0.15, -0.1) is 0 Å². The Morgan fingerprint density at radius 2 is 2.27 bits per heavy atom. The SMILES string of the molecule is CC1(C)OB(O)c2ccc(N=C=O)cc21. The van der Waals surface area contributed by atoms with Crippen LogP contribution in [0.1, 0.15) is 19.4 Å². The maximum absolute atomic E-state index is 10.1. The Balaban J connectivity index is 2.57. The summed E-state index contributed by atoms with van der Waals surface area (Å²) in [6.07, 6.45) is 1.49. The number of hydrogen-bond donors (Lipinski definition) is 1. The zero-order chi connectivity index (χ0) is 11.1. The Hall–Kier alpha value is -1.42. The van der Waals surface area contributed by atoms with Crippen LogP contribution in [0.3, 0.4) is 0 Å². The van der Waals surface area contributed by atoms with Crippen LogP contribution in [-0.4, -0.2) is 18.2 Å². The Labute approximate surface area is 87.7 Å². The number of hydrogen-bond acceptors (Lipinski definition) is 4. The molecule has 0 aromatic heterocycles. The lowest BCUT2D eigenvalue weighted by molar-refractivity contribution is 0.101. The van der Waals surface area contributed by atoms with Gasteiger partial charge >= 0.3 is 7.12 Å². The molecule has 0 saturated carbocycles. The van der Waals surface area contributed by atoms with Crippen molar-refractivity contribution in [3.05, 3.63) is 23.8 Å². The van der Waals surface area contributed by atoms with E-state index in [-0.39, 0.29) is 0 Å². The van der Waals surface area contributed by atoms with Gasteiger partial charge in [-0.3, -0.25) is 0 Å². The van der Waals surface area contributed by atoms with Crippen LogP contribution >= 0.6 is 0 Å². The molecule has 0 atom stereocenters. The highest BCUT2D eigenvalue weighted by Gasteiger charge is 2.40. The molecule has 76 valence electrons. The van der Waals surface area contributed by atoms with Crippen molar-refractivity contribution in [1.29, 1.82) is 0 Å². The van der Waals surface area contributed by atoms with Gasteiger partial charge in [0, 0.05) is 0 Å². The van der Waals surface area contributed by atoms with Crippen molar-refractivity contribution in [2.24, 2.45) is 4.99 Å². The van der Waals surface area contributed by atoms with E-state index in [0.717, 1.165) is 11.0 Å². The number of isocyanates is 1. The first-order valence-electron chi connectivity index (χ1n) is 4.63. The fourth-order valence-corrected chi connectivity index (χ4v) is 1.81. The van der Waals surface area contributed by atoms with Crippen molar-refractivity contribution in [3.63, 3.8) is 0 Å². The Morgan fingerprint density at radius 1 is 1.53 bits per heavy atom. The molecule has 0 spiro atoms. The number of carbonyl (C=O) groups excluding carboxylic acids is 1. The fraction of sp³-hybridized carbons (Fsp3) is 0.300. The van der Waals surface area contributed by atoms with E-state index in [1.54, 1.807) is 18.2 Å². The molecule has 0 aliphatic carbocycles. The molecule has 1 aliphatic rings. The van der Waals surface area contributed by atoms with Gasteiger partial charge in [-0.1, -0.05) is 6.07 Å². The second-order valence-electron chi connectivity index (χ2n) is 3.96. The van der Waals surface area contributed by atoms with Gasteiger partial charge in [0.15, 0.2) is 0 Å². The van der Waals surface area contributed by atoms with Gasteiger partial charge in [0.05, 0.1) is 11.3 Å². The van der Waals surface area contributed by atoms with Crippen LogP contribution in [0, 0.1) is 0 Å². The highest BCUT2D eigenvalue weighted by molar-refractivity contribution is 6.62. The predicted molar refractivity (Wildman–Crippen MR) is 55.9 cm³/mol. The maximum atomic E-state index is 10.1. The van der Waals surface area contributed by atoms with E-state index in [0.29, 0.717) is 5.69 Å². The van der Waals surface area contributed by atoms with E-state index in [1.807, 2.05) is 13.8 Å². The van der Waals surface area contributed by atoms with Gasteiger partial charge in [-0.05, 0) is 37.0 Å². The molecule has 15 heavy (non-hydrogen) atoms. The van der Waals surface area contributed by atoms with Crippen LogP contribution in [-0.2, 0) is 15.0 Å². The van der Waals surface area contributed by atoms with E-state index in [4.69, 9.17) is 4.65 Å². The number of nitrogens with zero attached hydrogens (tertiary/aromatic N) is 1. The summed E-state index contributed by atoms with van der Waals surface area (Å²) in [5, 5.41) is 9.61. The van der Waals surface area contributed by atoms with E-state index >= 15 is 0 Å². The molecule has 5 heteroatoms. The maximum Gasteiger partial charge on any atom is 0.492 e. The third kappa shape index (κ3) is 1.61. The molecule has 2 rings (SSSR count). The first kappa shape index (κ1) is 10.1. The number of rotatable bonds is 1. The minimum atomic E-state index is -0.899. The second-order valence-corrected chi connectivity index (χ2v) is 3.96. The fourth-order valence-electron chi connectivity index (χ4n) is 1.81. The molecular weight excluding hydrogens is 193 g/mol. The molecule has 0 saturated heterocycles. The van der Waals surface area contributed by atoms with Gasteiger partial charge in [0.25, 0.3) is 0 Å². The van der Waals surface area contributed by atoms with Crippen molar-refractivity contribution in [2.45, 2.75) is 19.4 Å². The molecule has 0 radical (unpaired) electrons. The zero-order valence-electron chi connectivity index (χ0n) is 8.52. The molecule has 1 aromatic rings. The van der Waals surface area contributed by atoms with Crippen molar-refractivity contribution >= 4 is 24.3 Å². The number of aliphatic imine (C=N–C) groups is 1. The Bertz CT molecular complexity index is 452. The van der Waals surface area contributed by atoms with Gasteiger partial charge < -0.3 is 9.68 Å². The summed E-state index contributed by atoms with van der Waals surface area (Å²) in [5.41, 5.74) is 1.55. The lowest BCUT2D eigenvalue weighted by Gasteiger charge is -2.19. The molecule has 1 heterocycles. The summed E-state index contributed by atoms with van der Waals surface area (Å²) in [7, 11) is -0.899. The summed E-state index contributed by atoms with van der Waals surface area (Å²) in [5.74, 6) is 0. The van der Waals surface area contributed by atoms with Gasteiger partial charge in [-0.2, -0.15) is 4.99 Å². The molecule has 0 bridgehead atoms. The Morgan fingerprint density at radius 3 is 2.93 bits per heavy atom. The Kier molecular flexibility index (Phi) is 2.23. The van der Waals surface area contributed by atoms with Gasteiger partial charge in [-0.25, -0.2) is 4.79 Å². The monoisotopic (exact) mass is 203 g/mol.